The van der Waals surface area contributed by atoms with Crippen molar-refractivity contribution in [2.24, 2.45) is 11.8 Å². The van der Waals surface area contributed by atoms with E-state index in [4.69, 9.17) is 0 Å². The summed E-state index contributed by atoms with van der Waals surface area (Å²) in [5.74, 6) is -69.9. The van der Waals surface area contributed by atoms with Gasteiger partial charge in [0.15, 0.2) is 69.8 Å². The van der Waals surface area contributed by atoms with Crippen molar-refractivity contribution < 1.29 is 92.7 Å². The molecule has 1 nitrogen and oxygen atoms in total. The van der Waals surface area contributed by atoms with Crippen molar-refractivity contribution in [3.8, 4) is 0 Å². The molecule has 1 N–H and O–H groups in total. The van der Waals surface area contributed by atoms with Gasteiger partial charge in [0, 0.05) is 17.4 Å². The lowest BCUT2D eigenvalue weighted by Crippen LogP contribution is -3.11. The molecule has 0 heterocycles. The summed E-state index contributed by atoms with van der Waals surface area (Å²) in [6, 6.07) is 6.85. The van der Waals surface area contributed by atoms with Crippen LogP contribution in [0.15, 0.2) is 18.2 Å². The Balaban J connectivity index is 0.000000405. The summed E-state index contributed by atoms with van der Waals surface area (Å²) in [6.07, 6.45) is -7.22. The van der Waals surface area contributed by atoms with Crippen molar-refractivity contribution in [3.63, 3.8) is 0 Å². The van der Waals surface area contributed by atoms with Crippen LogP contribution < -0.4 is 26.8 Å². The molecule has 0 aliphatic carbocycles. The van der Waals surface area contributed by atoms with Crippen LogP contribution >= 0.6 is 0 Å². The highest BCUT2D eigenvalue weighted by atomic mass is 19.2. The Labute approximate surface area is 344 Å². The van der Waals surface area contributed by atoms with E-state index in [9.17, 15) is 52.7 Å². The standard InChI is InChI=1S/C24BF20.C17H29N/c26-5-1(6(27)14(35)21(42)13(5)34)25(2-7(28)15(36)22(43)16(37)8(2)29,3-9(30)17(38)23(44)18(39)10(3)31)4-11(32)19(40)24(45)20(41)12(4)33;1-13(2)10-18(11-14(3)4)12-17-8-7-15(5)9-16(17)6/h;7-9,13-14H,10-12H2,1-6H3/q-1;/p+1. The second kappa shape index (κ2) is 18.8. The van der Waals surface area contributed by atoms with Gasteiger partial charge in [-0.15, -0.1) is 21.9 Å². The first-order chi connectivity index (χ1) is 29.1. The zero-order chi connectivity index (χ0) is 48.1. The molecule has 63 heavy (non-hydrogen) atoms. The number of nitrogens with one attached hydrogen (secondary N) is 1. The van der Waals surface area contributed by atoms with E-state index >= 15 is 35.1 Å². The second-order valence-electron chi connectivity index (χ2n) is 15.4. The molecule has 0 aliphatic heterocycles. The normalized spacial score (nSPS) is 12.0. The van der Waals surface area contributed by atoms with Crippen molar-refractivity contribution in [3.05, 3.63) is 151 Å². The van der Waals surface area contributed by atoms with Crippen LogP contribution in [-0.4, -0.2) is 19.2 Å². The quantitative estimate of drug-likeness (QED) is 0.0619. The first kappa shape index (κ1) is 50.4. The number of hydrogen-bond donors (Lipinski definition) is 1. The largest absolute Gasteiger partial charge is 0.331 e. The van der Waals surface area contributed by atoms with Crippen LogP contribution in [0.25, 0.3) is 0 Å². The highest BCUT2D eigenvalue weighted by molar-refractivity contribution is 7.20. The first-order valence-corrected chi connectivity index (χ1v) is 18.2. The summed E-state index contributed by atoms with van der Waals surface area (Å²) in [7, 11) is 0. The molecular weight excluding hydrogens is 897 g/mol. The van der Waals surface area contributed by atoms with Crippen LogP contribution in [0, 0.1) is 142 Å². The highest BCUT2D eigenvalue weighted by Gasteiger charge is 2.52. The molecule has 0 spiro atoms. The van der Waals surface area contributed by atoms with E-state index in [0.29, 0.717) is 0 Å². The van der Waals surface area contributed by atoms with Gasteiger partial charge in [0.1, 0.15) is 59.2 Å². The SMILES string of the molecule is Cc1ccc(C[NH+](CC(C)C)CC(C)C)c(C)c1.Fc1c(F)c(F)c([B-](c2c(F)c(F)c(F)c(F)c2F)(c2c(F)c(F)c(F)c(F)c2F)c2c(F)c(F)c(F)c(F)c2F)c(F)c1F. The van der Waals surface area contributed by atoms with Crippen LogP contribution in [0.5, 0.6) is 0 Å². The number of hydrogen-bond acceptors (Lipinski definition) is 0. The second-order valence-corrected chi connectivity index (χ2v) is 15.4. The molecule has 5 rings (SSSR count). The summed E-state index contributed by atoms with van der Waals surface area (Å²) >= 11 is 0. The maximum atomic E-state index is 15.4. The van der Waals surface area contributed by atoms with Gasteiger partial charge < -0.3 is 4.90 Å². The molecule has 5 aromatic rings. The van der Waals surface area contributed by atoms with Crippen molar-refractivity contribution >= 4 is 28.0 Å². The zero-order valence-corrected chi connectivity index (χ0v) is 33.1. The lowest BCUT2D eigenvalue weighted by molar-refractivity contribution is -0.919. The lowest BCUT2D eigenvalue weighted by atomic mass is 9.12. The smallest absolute Gasteiger partial charge is 0.200 e. The molecule has 0 saturated carbocycles. The Morgan fingerprint density at radius 2 is 0.587 bits per heavy atom. The topological polar surface area (TPSA) is 4.44 Å². The van der Waals surface area contributed by atoms with Crippen LogP contribution in [0.2, 0.25) is 0 Å². The number of aryl methyl sites for hydroxylation is 2. The summed E-state index contributed by atoms with van der Waals surface area (Å²) in [4.78, 5) is 1.71. The van der Waals surface area contributed by atoms with E-state index in [1.807, 2.05) is 0 Å². The van der Waals surface area contributed by atoms with Gasteiger partial charge in [-0.25, -0.2) is 87.8 Å². The maximum Gasteiger partial charge on any atom is 0.200 e. The van der Waals surface area contributed by atoms with Crippen molar-refractivity contribution in [1.29, 1.82) is 0 Å². The number of quaternary nitrogens is 1. The Bertz CT molecular complexity index is 2200. The zero-order valence-electron chi connectivity index (χ0n) is 33.1. The number of halogens is 20. The van der Waals surface area contributed by atoms with Gasteiger partial charge in [-0.2, -0.15) is 0 Å². The van der Waals surface area contributed by atoms with Crippen molar-refractivity contribution in [2.75, 3.05) is 13.1 Å². The van der Waals surface area contributed by atoms with Crippen molar-refractivity contribution in [2.45, 2.75) is 48.1 Å². The summed E-state index contributed by atoms with van der Waals surface area (Å²) < 4.78 is 294. The average molecular weight is 927 g/mol. The minimum Gasteiger partial charge on any atom is -0.331 e. The third-order valence-electron chi connectivity index (χ3n) is 10.0. The van der Waals surface area contributed by atoms with Gasteiger partial charge in [-0.1, -0.05) is 51.5 Å². The maximum absolute atomic E-state index is 15.4. The van der Waals surface area contributed by atoms with E-state index in [0.717, 1.165) is 11.8 Å². The van der Waals surface area contributed by atoms with E-state index in [-0.39, 0.29) is 0 Å². The Morgan fingerprint density at radius 1 is 0.365 bits per heavy atom. The number of rotatable bonds is 10. The van der Waals surface area contributed by atoms with Crippen LogP contribution in [0.1, 0.15) is 44.4 Å². The minimum absolute atomic E-state index is 0.768. The molecule has 0 aliphatic rings. The minimum atomic E-state index is -7.22. The highest BCUT2D eigenvalue weighted by Crippen LogP contribution is 2.30. The molecule has 342 valence electrons. The predicted octanol–water partition coefficient (Wildman–Crippen LogP) is 8.85. The molecule has 0 radical (unpaired) electrons. The fourth-order valence-electron chi connectivity index (χ4n) is 7.57. The molecular formula is C41H30BF20N. The molecule has 0 amide bonds. The van der Waals surface area contributed by atoms with Gasteiger partial charge in [0.05, 0.1) is 13.1 Å². The van der Waals surface area contributed by atoms with Gasteiger partial charge in [-0.05, 0) is 19.4 Å². The van der Waals surface area contributed by atoms with Gasteiger partial charge in [0.2, 0.25) is 0 Å². The van der Waals surface area contributed by atoms with Gasteiger partial charge in [0.25, 0.3) is 0 Å². The van der Waals surface area contributed by atoms with Gasteiger partial charge in [-0.3, -0.25) is 0 Å². The summed E-state index contributed by atoms with van der Waals surface area (Å²) in [6.45, 7) is 17.4. The monoisotopic (exact) mass is 927 g/mol. The summed E-state index contributed by atoms with van der Waals surface area (Å²) in [5, 5.41) is 0. The van der Waals surface area contributed by atoms with E-state index in [1.54, 1.807) is 4.90 Å². The third kappa shape index (κ3) is 8.70. The molecule has 0 bridgehead atoms. The van der Waals surface area contributed by atoms with Crippen molar-refractivity contribution in [1.82, 2.24) is 0 Å². The fraction of sp³-hybridized carbons (Fsp3) is 0.268. The lowest BCUT2D eigenvalue weighted by Gasteiger charge is -2.44. The molecule has 0 aromatic heterocycles. The Kier molecular flexibility index (Phi) is 15.1. The van der Waals surface area contributed by atoms with Crippen LogP contribution in [0.3, 0.4) is 0 Å². The average Bonchev–Trinajstić information content (AvgIpc) is 3.21. The third-order valence-corrected chi connectivity index (χ3v) is 10.0. The molecule has 0 unspecified atom stereocenters. The Hall–Kier alpha value is -5.28. The fourth-order valence-corrected chi connectivity index (χ4v) is 7.57. The Morgan fingerprint density at radius 3 is 0.794 bits per heavy atom. The van der Waals surface area contributed by atoms with Crippen LogP contribution in [0.4, 0.5) is 87.8 Å². The van der Waals surface area contributed by atoms with E-state index in [1.165, 1.54) is 36.3 Å². The summed E-state index contributed by atoms with van der Waals surface area (Å²) in [5.41, 5.74) is -10.0. The molecule has 22 heteroatoms. The first-order valence-electron chi connectivity index (χ1n) is 18.2. The van der Waals surface area contributed by atoms with Gasteiger partial charge >= 0.3 is 0 Å². The van der Waals surface area contributed by atoms with Crippen LogP contribution in [-0.2, 0) is 6.54 Å². The molecule has 0 saturated heterocycles. The molecule has 0 fully saturated rings. The number of benzene rings is 5. The molecule has 5 aromatic carbocycles. The predicted molar refractivity (Wildman–Crippen MR) is 189 cm³/mol. The van der Waals surface area contributed by atoms with E-state index in [2.05, 4.69) is 59.7 Å². The van der Waals surface area contributed by atoms with E-state index < -0.39 is 144 Å². The molecule has 0 atom stereocenters.